The van der Waals surface area contributed by atoms with E-state index in [4.69, 9.17) is 0 Å². The number of amides is 1. The van der Waals surface area contributed by atoms with Crippen LogP contribution in [-0.4, -0.2) is 19.0 Å². The summed E-state index contributed by atoms with van der Waals surface area (Å²) in [5.74, 6) is 0.560. The summed E-state index contributed by atoms with van der Waals surface area (Å²) < 4.78 is 0. The predicted molar refractivity (Wildman–Crippen MR) is 102 cm³/mol. The van der Waals surface area contributed by atoms with Crippen molar-refractivity contribution in [2.45, 2.75) is 39.5 Å². The van der Waals surface area contributed by atoms with E-state index in [-0.39, 0.29) is 5.91 Å². The molecule has 2 rings (SSSR count). The third-order valence-corrected chi connectivity index (χ3v) is 4.16. The molecule has 0 aromatic heterocycles. The highest BCUT2D eigenvalue weighted by molar-refractivity contribution is 5.76. The average Bonchev–Trinajstić information content (AvgIpc) is 2.57. The zero-order valence-corrected chi connectivity index (χ0v) is 14.9. The molecule has 24 heavy (non-hydrogen) atoms. The van der Waals surface area contributed by atoms with E-state index in [9.17, 15) is 4.79 Å². The largest absolute Gasteiger partial charge is 0.384 e. The van der Waals surface area contributed by atoms with Gasteiger partial charge in [-0.15, -0.1) is 0 Å². The first kappa shape index (κ1) is 18.1. The Labute approximate surface area is 145 Å². The van der Waals surface area contributed by atoms with E-state index in [0.29, 0.717) is 25.4 Å². The number of rotatable bonds is 8. The molecule has 0 saturated carbocycles. The molecule has 0 radical (unpaired) electrons. The molecule has 2 aromatic rings. The van der Waals surface area contributed by atoms with Crippen LogP contribution in [0.4, 0.5) is 5.69 Å². The second-order valence-corrected chi connectivity index (χ2v) is 6.46. The van der Waals surface area contributed by atoms with Gasteiger partial charge in [-0.05, 0) is 36.0 Å². The van der Waals surface area contributed by atoms with Crippen LogP contribution in [0.5, 0.6) is 0 Å². The molecular formula is C21H28N2O. The number of hydrogen-bond donors (Lipinski definition) is 2. The van der Waals surface area contributed by atoms with Gasteiger partial charge < -0.3 is 10.6 Å². The van der Waals surface area contributed by atoms with Gasteiger partial charge in [0.1, 0.15) is 0 Å². The average molecular weight is 324 g/mol. The minimum atomic E-state index is 0.0955. The van der Waals surface area contributed by atoms with Gasteiger partial charge in [0.25, 0.3) is 0 Å². The first-order valence-corrected chi connectivity index (χ1v) is 8.72. The van der Waals surface area contributed by atoms with Crippen LogP contribution in [0.3, 0.4) is 0 Å². The number of carbonyl (C=O) groups is 1. The summed E-state index contributed by atoms with van der Waals surface area (Å²) in [6.45, 7) is 7.83. The fourth-order valence-corrected chi connectivity index (χ4v) is 2.79. The van der Waals surface area contributed by atoms with E-state index < -0.39 is 0 Å². The Morgan fingerprint density at radius 3 is 2.46 bits per heavy atom. The summed E-state index contributed by atoms with van der Waals surface area (Å²) in [7, 11) is 0. The number of nitrogens with one attached hydrogen (secondary N) is 2. The molecule has 128 valence electrons. The van der Waals surface area contributed by atoms with Crippen molar-refractivity contribution < 1.29 is 4.79 Å². The van der Waals surface area contributed by atoms with Crippen LogP contribution in [0.2, 0.25) is 0 Å². The lowest BCUT2D eigenvalue weighted by atomic mass is 9.98. The highest BCUT2D eigenvalue weighted by Gasteiger charge is 2.09. The van der Waals surface area contributed by atoms with Crippen molar-refractivity contribution in [1.82, 2.24) is 5.32 Å². The van der Waals surface area contributed by atoms with Crippen molar-refractivity contribution in [3.8, 4) is 0 Å². The smallest absolute Gasteiger partial charge is 0.221 e. The maximum atomic E-state index is 12.0. The molecule has 0 atom stereocenters. The summed E-state index contributed by atoms with van der Waals surface area (Å²) in [6, 6.07) is 16.6. The van der Waals surface area contributed by atoms with Crippen LogP contribution in [0.1, 0.15) is 42.9 Å². The highest BCUT2D eigenvalue weighted by atomic mass is 16.1. The lowest BCUT2D eigenvalue weighted by Gasteiger charge is -2.17. The maximum absolute atomic E-state index is 12.0. The molecule has 0 aliphatic carbocycles. The molecule has 2 aromatic carbocycles. The Morgan fingerprint density at radius 2 is 1.75 bits per heavy atom. The lowest BCUT2D eigenvalue weighted by molar-refractivity contribution is -0.120. The summed E-state index contributed by atoms with van der Waals surface area (Å²) in [5, 5.41) is 6.43. The highest BCUT2D eigenvalue weighted by Crippen LogP contribution is 2.27. The van der Waals surface area contributed by atoms with Gasteiger partial charge in [-0.3, -0.25) is 4.79 Å². The molecule has 3 nitrogen and oxygen atoms in total. The third-order valence-electron chi connectivity index (χ3n) is 4.16. The van der Waals surface area contributed by atoms with Crippen LogP contribution in [-0.2, 0) is 11.2 Å². The van der Waals surface area contributed by atoms with Gasteiger partial charge in [0.05, 0.1) is 0 Å². The molecule has 3 heteroatoms. The van der Waals surface area contributed by atoms with E-state index in [2.05, 4.69) is 61.7 Å². The standard InChI is InChI=1S/C21H28N2O/c1-16(2)19-11-7-8-17(3)21(19)23-15-13-20(24)22-14-12-18-9-5-4-6-10-18/h4-11,16,23H,12-15H2,1-3H3,(H,22,24). The molecule has 0 aliphatic rings. The topological polar surface area (TPSA) is 41.1 Å². The van der Waals surface area contributed by atoms with Gasteiger partial charge in [-0.2, -0.15) is 0 Å². The predicted octanol–water partition coefficient (Wildman–Crippen LogP) is 4.28. The first-order valence-electron chi connectivity index (χ1n) is 8.72. The van der Waals surface area contributed by atoms with Crippen LogP contribution in [0.25, 0.3) is 0 Å². The Bertz CT molecular complexity index is 650. The van der Waals surface area contributed by atoms with Crippen LogP contribution in [0.15, 0.2) is 48.5 Å². The van der Waals surface area contributed by atoms with E-state index in [1.165, 1.54) is 22.4 Å². The molecule has 0 aliphatic heterocycles. The summed E-state index contributed by atoms with van der Waals surface area (Å²) in [5.41, 5.74) is 4.95. The molecule has 0 bridgehead atoms. The third kappa shape index (κ3) is 5.41. The Hall–Kier alpha value is -2.29. The van der Waals surface area contributed by atoms with Crippen molar-refractivity contribution in [2.75, 3.05) is 18.4 Å². The van der Waals surface area contributed by atoms with Crippen molar-refractivity contribution in [3.63, 3.8) is 0 Å². The van der Waals surface area contributed by atoms with Crippen LogP contribution >= 0.6 is 0 Å². The summed E-state index contributed by atoms with van der Waals surface area (Å²) >= 11 is 0. The Morgan fingerprint density at radius 1 is 1.00 bits per heavy atom. The van der Waals surface area contributed by atoms with Crippen molar-refractivity contribution in [3.05, 3.63) is 65.2 Å². The molecular weight excluding hydrogens is 296 g/mol. The van der Waals surface area contributed by atoms with Gasteiger partial charge in [0.2, 0.25) is 5.91 Å². The minimum Gasteiger partial charge on any atom is -0.384 e. The second-order valence-electron chi connectivity index (χ2n) is 6.46. The summed E-state index contributed by atoms with van der Waals surface area (Å²) in [4.78, 5) is 12.0. The van der Waals surface area contributed by atoms with Gasteiger partial charge in [-0.1, -0.05) is 62.4 Å². The first-order chi connectivity index (χ1) is 11.6. The van der Waals surface area contributed by atoms with Gasteiger partial charge in [-0.25, -0.2) is 0 Å². The van der Waals surface area contributed by atoms with E-state index >= 15 is 0 Å². The van der Waals surface area contributed by atoms with Gasteiger partial charge >= 0.3 is 0 Å². The van der Waals surface area contributed by atoms with Crippen molar-refractivity contribution in [2.24, 2.45) is 0 Å². The molecule has 2 N–H and O–H groups in total. The SMILES string of the molecule is Cc1cccc(C(C)C)c1NCCC(=O)NCCc1ccccc1. The van der Waals surface area contributed by atoms with Crippen molar-refractivity contribution in [1.29, 1.82) is 0 Å². The molecule has 0 unspecified atom stereocenters. The van der Waals surface area contributed by atoms with Gasteiger partial charge in [0, 0.05) is 25.2 Å². The molecule has 1 amide bonds. The molecule has 0 spiro atoms. The zero-order valence-electron chi connectivity index (χ0n) is 14.9. The number of benzene rings is 2. The molecule has 0 fully saturated rings. The fraction of sp³-hybridized carbons (Fsp3) is 0.381. The minimum absolute atomic E-state index is 0.0955. The number of carbonyl (C=O) groups excluding carboxylic acids is 1. The van der Waals surface area contributed by atoms with E-state index in [1.807, 2.05) is 18.2 Å². The summed E-state index contributed by atoms with van der Waals surface area (Å²) in [6.07, 6.45) is 1.36. The Balaban J connectivity index is 1.75. The normalized spacial score (nSPS) is 10.7. The lowest BCUT2D eigenvalue weighted by Crippen LogP contribution is -2.27. The number of para-hydroxylation sites is 1. The molecule has 0 heterocycles. The number of anilines is 1. The van der Waals surface area contributed by atoms with Gasteiger partial charge in [0.15, 0.2) is 0 Å². The Kier molecular flexibility index (Phi) is 6.86. The van der Waals surface area contributed by atoms with Crippen LogP contribution in [0, 0.1) is 6.92 Å². The van der Waals surface area contributed by atoms with Crippen molar-refractivity contribution >= 4 is 11.6 Å². The second kappa shape index (κ2) is 9.11. The van der Waals surface area contributed by atoms with E-state index in [1.54, 1.807) is 0 Å². The number of hydrogen-bond acceptors (Lipinski definition) is 2. The quantitative estimate of drug-likeness (QED) is 0.761. The number of aryl methyl sites for hydroxylation is 1. The van der Waals surface area contributed by atoms with Crippen LogP contribution < -0.4 is 10.6 Å². The molecule has 0 saturated heterocycles. The maximum Gasteiger partial charge on any atom is 0.221 e. The fourth-order valence-electron chi connectivity index (χ4n) is 2.79. The zero-order chi connectivity index (χ0) is 17.4. The monoisotopic (exact) mass is 324 g/mol. The van der Waals surface area contributed by atoms with E-state index in [0.717, 1.165) is 6.42 Å².